The Morgan fingerprint density at radius 2 is 1.66 bits per heavy atom. The van der Waals surface area contributed by atoms with Crippen LogP contribution in [0.2, 0.25) is 0 Å². The number of ether oxygens (including phenoxy) is 8. The number of carbonyl (C=O) groups is 2. The summed E-state index contributed by atoms with van der Waals surface area (Å²) in [5.74, 6) is 0.0369. The van der Waals surface area contributed by atoms with Crippen molar-refractivity contribution in [3.8, 4) is 0 Å². The molecule has 3 saturated heterocycles. The Bertz CT molecular complexity index is 1670. The van der Waals surface area contributed by atoms with Gasteiger partial charge in [0.15, 0.2) is 18.4 Å². The highest BCUT2D eigenvalue weighted by Crippen LogP contribution is 2.63. The first kappa shape index (κ1) is 43.8. The van der Waals surface area contributed by atoms with Gasteiger partial charge in [0.25, 0.3) is 0 Å². The number of hydrogen-bond donors (Lipinski definition) is 0. The zero-order valence-corrected chi connectivity index (χ0v) is 37.7. The van der Waals surface area contributed by atoms with Crippen molar-refractivity contribution in [2.24, 2.45) is 23.7 Å². The van der Waals surface area contributed by atoms with E-state index in [-0.39, 0.29) is 96.8 Å². The van der Waals surface area contributed by atoms with Crippen molar-refractivity contribution < 1.29 is 47.5 Å². The largest absolute Gasteiger partial charge is 0.462 e. The van der Waals surface area contributed by atoms with E-state index in [1.165, 1.54) is 9.88 Å². The molecule has 0 amide bonds. The number of fused-ring (bicyclic) bond motifs is 8. The summed E-state index contributed by atoms with van der Waals surface area (Å²) in [5.41, 5.74) is 1.85. The van der Waals surface area contributed by atoms with Crippen LogP contribution in [-0.4, -0.2) is 124 Å². The molecule has 17 atom stereocenters. The molecule has 2 saturated carbocycles. The third-order valence-corrected chi connectivity index (χ3v) is 16.3. The third kappa shape index (κ3) is 8.77. The molecule has 3 aliphatic heterocycles. The lowest BCUT2D eigenvalue weighted by molar-refractivity contribution is -0.316. The highest BCUT2D eigenvalue weighted by molar-refractivity contribution is 7.12. The SMILES string of the molecule is CCOC1C(OC)[C@H](O[C@H]2C[C@H]3[C@@H]4C=C5C(=O)[C@H](C)[C@@H](OC6CC[C@H](N(C)C)C(C)O6)CCC[C@H](CC)OC(=O)C[C@H]5[C@@H]4c4nc(C5CC5)sc4[C@@H]3C2)OC(C)[C@@H]1OC. The number of allylic oxidation sites excluding steroid dienone is 2. The monoisotopic (exact) mass is 842 g/mol. The summed E-state index contributed by atoms with van der Waals surface area (Å²) in [6, 6.07) is 0.327. The molecule has 0 spiro atoms. The van der Waals surface area contributed by atoms with E-state index in [0.29, 0.717) is 25.0 Å². The predicted molar refractivity (Wildman–Crippen MR) is 222 cm³/mol. The van der Waals surface area contributed by atoms with Gasteiger partial charge in [0.2, 0.25) is 0 Å². The summed E-state index contributed by atoms with van der Waals surface area (Å²) >= 11 is 1.86. The molecule has 5 fully saturated rings. The molecule has 0 bridgehead atoms. The Kier molecular flexibility index (Phi) is 13.7. The number of cyclic esters (lactones) is 1. The minimum absolute atomic E-state index is 0.0248. The minimum Gasteiger partial charge on any atom is -0.462 e. The Hall–Kier alpha value is -1.81. The van der Waals surface area contributed by atoms with Crippen LogP contribution in [0.4, 0.5) is 0 Å². The molecular formula is C46H70N2O10S. The number of nitrogens with zero attached hydrogens (tertiary/aromatic N) is 2. The van der Waals surface area contributed by atoms with E-state index >= 15 is 4.79 Å². The molecule has 5 unspecified atom stereocenters. The second-order valence-corrected chi connectivity index (χ2v) is 19.9. The molecular weight excluding hydrogens is 773 g/mol. The molecule has 330 valence electrons. The van der Waals surface area contributed by atoms with Gasteiger partial charge in [0.05, 0.1) is 41.5 Å². The molecule has 0 aromatic carbocycles. The Labute approximate surface area is 355 Å². The van der Waals surface area contributed by atoms with Crippen molar-refractivity contribution in [3.05, 3.63) is 27.2 Å². The molecule has 4 aliphatic carbocycles. The quantitative estimate of drug-likeness (QED) is 0.208. The number of esters is 1. The van der Waals surface area contributed by atoms with Gasteiger partial charge in [-0.1, -0.05) is 19.9 Å². The van der Waals surface area contributed by atoms with E-state index in [2.05, 4.69) is 38.9 Å². The maximum Gasteiger partial charge on any atom is 0.306 e. The van der Waals surface area contributed by atoms with Crippen molar-refractivity contribution >= 4 is 23.1 Å². The average Bonchev–Trinajstić information content (AvgIpc) is 3.65. The van der Waals surface area contributed by atoms with Crippen LogP contribution < -0.4 is 0 Å². The van der Waals surface area contributed by atoms with E-state index < -0.39 is 18.3 Å². The van der Waals surface area contributed by atoms with Crippen molar-refractivity contribution in [3.63, 3.8) is 0 Å². The number of methoxy groups -OCH3 is 2. The van der Waals surface area contributed by atoms with Crippen LogP contribution in [0.1, 0.15) is 139 Å². The number of aromatic nitrogens is 1. The molecule has 1 aromatic rings. The molecule has 0 radical (unpaired) electrons. The highest BCUT2D eigenvalue weighted by atomic mass is 32.1. The molecule has 7 aliphatic rings. The smallest absolute Gasteiger partial charge is 0.306 e. The zero-order chi connectivity index (χ0) is 41.7. The summed E-state index contributed by atoms with van der Waals surface area (Å²) in [5, 5.41) is 1.20. The first-order valence-corrected chi connectivity index (χ1v) is 23.7. The first-order valence-electron chi connectivity index (χ1n) is 22.9. The molecule has 0 N–H and O–H groups in total. The van der Waals surface area contributed by atoms with Crippen molar-refractivity contribution in [1.29, 1.82) is 0 Å². The topological polar surface area (TPSA) is 124 Å². The van der Waals surface area contributed by atoms with Gasteiger partial charge in [-0.05, 0) is 116 Å². The van der Waals surface area contributed by atoms with Crippen molar-refractivity contribution in [2.75, 3.05) is 34.9 Å². The van der Waals surface area contributed by atoms with Crippen LogP contribution >= 0.6 is 11.3 Å². The summed E-state index contributed by atoms with van der Waals surface area (Å²) < 4.78 is 51.0. The maximum absolute atomic E-state index is 15.1. The van der Waals surface area contributed by atoms with Gasteiger partial charge >= 0.3 is 5.97 Å². The summed E-state index contributed by atoms with van der Waals surface area (Å²) in [4.78, 5) is 38.1. The van der Waals surface area contributed by atoms with Crippen LogP contribution in [0, 0.1) is 23.7 Å². The normalized spacial score (nSPS) is 42.9. The van der Waals surface area contributed by atoms with E-state index in [9.17, 15) is 4.79 Å². The number of ketones is 1. The standard InChI is InChI=1S/C46H70N2O10S/c1-10-27-13-12-14-35(58-37-18-17-34(48(6)7)24(4)54-37)23(3)40(50)32-21-30-29-19-28(57-46-43(52-9)42(53-11-2)41(51-8)25(5)55-46)20-33(29)44-39(47-45(59-44)26-15-16-26)38(30)31(32)22-36(49)56-27/h21,23-31,33-35,37-38,41-43,46H,10-20,22H2,1-9H3/t23-,24?,25?,27+,28+,29+,30+,31-,33-,34+,35+,37?,38-,41+,42?,43?,46+/m1/s1. The third-order valence-electron chi connectivity index (χ3n) is 14.9. The molecule has 8 rings (SSSR count). The number of likely N-dealkylation sites (N-methyl/N-ethyl adjacent to an activating group) is 1. The maximum atomic E-state index is 15.1. The van der Waals surface area contributed by atoms with Gasteiger partial charge in [-0.3, -0.25) is 9.59 Å². The second-order valence-electron chi connectivity index (χ2n) is 18.8. The van der Waals surface area contributed by atoms with Crippen LogP contribution in [0.5, 0.6) is 0 Å². The number of rotatable bonds is 11. The van der Waals surface area contributed by atoms with Gasteiger partial charge in [-0.25, -0.2) is 4.98 Å². The van der Waals surface area contributed by atoms with Gasteiger partial charge in [-0.2, -0.15) is 0 Å². The van der Waals surface area contributed by atoms with Crippen LogP contribution in [0.15, 0.2) is 11.6 Å². The molecule has 13 heteroatoms. The fraction of sp³-hybridized carbons (Fsp3) is 0.848. The second kappa shape index (κ2) is 18.5. The van der Waals surface area contributed by atoms with Gasteiger partial charge in [0, 0.05) is 61.3 Å². The first-order chi connectivity index (χ1) is 28.4. The van der Waals surface area contributed by atoms with Gasteiger partial charge in [-0.15, -0.1) is 11.3 Å². The summed E-state index contributed by atoms with van der Waals surface area (Å²) in [6.07, 6.45) is 8.25. The van der Waals surface area contributed by atoms with Crippen LogP contribution in [0.25, 0.3) is 0 Å². The van der Waals surface area contributed by atoms with E-state index in [0.717, 1.165) is 69.1 Å². The number of Topliss-reactive ketones (excluding diaryl/α,β-unsaturated/α-hetero) is 1. The lowest BCUT2D eigenvalue weighted by Crippen LogP contribution is -2.60. The van der Waals surface area contributed by atoms with E-state index in [1.54, 1.807) is 14.2 Å². The van der Waals surface area contributed by atoms with E-state index in [1.807, 2.05) is 32.1 Å². The lowest BCUT2D eigenvalue weighted by atomic mass is 9.67. The van der Waals surface area contributed by atoms with Gasteiger partial charge < -0.3 is 42.8 Å². The molecule has 4 heterocycles. The molecule has 12 nitrogen and oxygen atoms in total. The lowest BCUT2D eigenvalue weighted by Gasteiger charge is -2.44. The Morgan fingerprint density at radius 1 is 0.881 bits per heavy atom. The predicted octanol–water partition coefficient (Wildman–Crippen LogP) is 7.29. The molecule has 59 heavy (non-hydrogen) atoms. The average molecular weight is 843 g/mol. The van der Waals surface area contributed by atoms with Crippen molar-refractivity contribution in [2.45, 2.75) is 190 Å². The fourth-order valence-electron chi connectivity index (χ4n) is 11.7. The molecule has 1 aromatic heterocycles. The van der Waals surface area contributed by atoms with Gasteiger partial charge in [0.1, 0.15) is 24.4 Å². The Morgan fingerprint density at radius 3 is 2.34 bits per heavy atom. The van der Waals surface area contributed by atoms with Crippen molar-refractivity contribution in [1.82, 2.24) is 9.88 Å². The highest BCUT2D eigenvalue weighted by Gasteiger charge is 2.57. The van der Waals surface area contributed by atoms with Crippen LogP contribution in [0.3, 0.4) is 0 Å². The number of thiazole rings is 1. The minimum atomic E-state index is -0.621. The van der Waals surface area contributed by atoms with E-state index in [4.69, 9.17) is 42.9 Å². The summed E-state index contributed by atoms with van der Waals surface area (Å²) in [7, 11) is 7.55. The van der Waals surface area contributed by atoms with Crippen LogP contribution in [-0.2, 0) is 47.5 Å². The fourth-order valence-corrected chi connectivity index (χ4v) is 13.2. The zero-order valence-electron chi connectivity index (χ0n) is 36.8. The summed E-state index contributed by atoms with van der Waals surface area (Å²) in [6.45, 7) is 10.7. The number of carbonyl (C=O) groups excluding carboxylic acids is 2. The Balaban J connectivity index is 1.10. The number of hydrogen-bond acceptors (Lipinski definition) is 13.